The second-order valence-electron chi connectivity index (χ2n) is 7.03. The van der Waals surface area contributed by atoms with Gasteiger partial charge in [-0.25, -0.2) is 8.42 Å². The van der Waals surface area contributed by atoms with Gasteiger partial charge >= 0.3 is 0 Å². The first-order valence-electron chi connectivity index (χ1n) is 8.45. The lowest BCUT2D eigenvalue weighted by molar-refractivity contribution is -0.151. The Hall–Kier alpha value is -1.20. The molecule has 1 aromatic heterocycles. The summed E-state index contributed by atoms with van der Waals surface area (Å²) in [5.41, 5.74) is -0.854. The molecule has 3 aliphatic heterocycles. The number of fused-ring (bicyclic) bond motifs is 1. The van der Waals surface area contributed by atoms with Gasteiger partial charge in [-0.1, -0.05) is 11.6 Å². The van der Waals surface area contributed by atoms with Crippen LogP contribution in [0.5, 0.6) is 0 Å². The topological polar surface area (TPSA) is 94.0 Å². The monoisotopic (exact) mass is 404 g/mol. The summed E-state index contributed by atoms with van der Waals surface area (Å²) in [4.78, 5) is 14.4. The van der Waals surface area contributed by atoms with E-state index in [-0.39, 0.29) is 31.6 Å². The molecule has 0 radical (unpaired) electrons. The number of hydrogen-bond donors (Lipinski definition) is 0. The lowest BCUT2D eigenvalue weighted by Gasteiger charge is -2.39. The summed E-state index contributed by atoms with van der Waals surface area (Å²) in [5, 5.41) is 3.89. The quantitative estimate of drug-likeness (QED) is 0.660. The van der Waals surface area contributed by atoms with Gasteiger partial charge < -0.3 is 14.4 Å². The van der Waals surface area contributed by atoms with Crippen molar-refractivity contribution in [3.63, 3.8) is 0 Å². The molecule has 0 aromatic carbocycles. The van der Waals surface area contributed by atoms with E-state index in [1.807, 2.05) is 0 Å². The van der Waals surface area contributed by atoms with E-state index in [0.29, 0.717) is 31.1 Å². The molecule has 0 aliphatic carbocycles. The van der Waals surface area contributed by atoms with Crippen molar-refractivity contribution in [3.8, 4) is 0 Å². The normalized spacial score (nSPS) is 32.8. The van der Waals surface area contributed by atoms with Crippen molar-refractivity contribution in [3.05, 3.63) is 17.4 Å². The molecule has 11 heteroatoms. The number of aromatic nitrogens is 2. The van der Waals surface area contributed by atoms with Crippen LogP contribution >= 0.6 is 11.6 Å². The number of carbonyl (C=O) groups is 1. The fourth-order valence-electron chi connectivity index (χ4n) is 4.20. The highest BCUT2D eigenvalue weighted by Crippen LogP contribution is 2.46. The number of nitrogens with zero attached hydrogens (tertiary/aromatic N) is 4. The molecule has 9 nitrogen and oxygen atoms in total. The van der Waals surface area contributed by atoms with Gasteiger partial charge in [0, 0.05) is 32.9 Å². The molecular formula is C15H21ClN4O5S. The van der Waals surface area contributed by atoms with Gasteiger partial charge in [-0.3, -0.25) is 9.48 Å². The Morgan fingerprint density at radius 3 is 3.00 bits per heavy atom. The van der Waals surface area contributed by atoms with E-state index in [9.17, 15) is 13.2 Å². The standard InChI is InChI=1S/C15H21ClN4O5S/c1-24-3-2-20-10-15-9-18(14(21)8-19-6-11(16)5-17-19)7-12(25-15)4-13(15)26(20,22)23/h5-6,12-13H,2-4,7-10H2,1H3/t12-,13+,15?/m1/s1. The van der Waals surface area contributed by atoms with Gasteiger partial charge in [-0.15, -0.1) is 0 Å². The molecule has 2 bridgehead atoms. The molecule has 3 aliphatic rings. The van der Waals surface area contributed by atoms with Gasteiger partial charge in [-0.05, 0) is 6.42 Å². The van der Waals surface area contributed by atoms with Crippen LogP contribution in [0.25, 0.3) is 0 Å². The second kappa shape index (κ2) is 6.45. The van der Waals surface area contributed by atoms with E-state index in [4.69, 9.17) is 21.1 Å². The minimum atomic E-state index is -3.45. The summed E-state index contributed by atoms with van der Waals surface area (Å²) in [5.74, 6) is -0.120. The largest absolute Gasteiger partial charge is 0.383 e. The number of likely N-dealkylation sites (tertiary alicyclic amines) is 1. The first kappa shape index (κ1) is 18.2. The molecule has 4 heterocycles. The van der Waals surface area contributed by atoms with E-state index < -0.39 is 20.9 Å². The fourth-order valence-corrected chi connectivity index (χ4v) is 6.65. The average molecular weight is 405 g/mol. The molecule has 1 amide bonds. The van der Waals surface area contributed by atoms with Crippen molar-refractivity contribution in [2.24, 2.45) is 0 Å². The van der Waals surface area contributed by atoms with Crippen LogP contribution in [0.2, 0.25) is 5.02 Å². The Balaban J connectivity index is 1.51. The number of sulfonamides is 1. The third kappa shape index (κ3) is 2.93. The number of morpholine rings is 1. The van der Waals surface area contributed by atoms with Crippen molar-refractivity contribution in [1.29, 1.82) is 0 Å². The molecule has 0 N–H and O–H groups in total. The summed E-state index contributed by atoms with van der Waals surface area (Å²) in [6.45, 7) is 1.63. The third-order valence-electron chi connectivity index (χ3n) is 5.31. The fraction of sp³-hybridized carbons (Fsp3) is 0.733. The van der Waals surface area contributed by atoms with Gasteiger partial charge in [-0.2, -0.15) is 9.40 Å². The van der Waals surface area contributed by atoms with E-state index in [2.05, 4.69) is 5.10 Å². The number of carbonyl (C=O) groups excluding carboxylic acids is 1. The Kier molecular flexibility index (Phi) is 4.51. The molecule has 1 aromatic rings. The summed E-state index contributed by atoms with van der Waals surface area (Å²) in [7, 11) is -1.91. The van der Waals surface area contributed by atoms with Crippen LogP contribution in [0.1, 0.15) is 6.42 Å². The molecule has 3 atom stereocenters. The van der Waals surface area contributed by atoms with Gasteiger partial charge in [0.15, 0.2) is 0 Å². The molecule has 1 spiro atoms. The molecule has 4 rings (SSSR count). The van der Waals surface area contributed by atoms with Crippen LogP contribution in [0.4, 0.5) is 0 Å². The highest BCUT2D eigenvalue weighted by molar-refractivity contribution is 7.90. The van der Waals surface area contributed by atoms with Crippen molar-refractivity contribution >= 4 is 27.5 Å². The Morgan fingerprint density at radius 2 is 2.31 bits per heavy atom. The first-order valence-corrected chi connectivity index (χ1v) is 10.3. The minimum absolute atomic E-state index is 0.0698. The zero-order valence-corrected chi connectivity index (χ0v) is 15.9. The van der Waals surface area contributed by atoms with Crippen LogP contribution in [0.3, 0.4) is 0 Å². The van der Waals surface area contributed by atoms with Gasteiger partial charge in [0.1, 0.15) is 17.4 Å². The summed E-state index contributed by atoms with van der Waals surface area (Å²) in [6.07, 6.45) is 3.23. The maximum Gasteiger partial charge on any atom is 0.244 e. The maximum atomic E-state index is 12.8. The number of rotatable bonds is 5. The van der Waals surface area contributed by atoms with Crippen LogP contribution < -0.4 is 0 Å². The third-order valence-corrected chi connectivity index (χ3v) is 7.88. The summed E-state index contributed by atoms with van der Waals surface area (Å²) < 4.78 is 39.7. The maximum absolute atomic E-state index is 12.8. The van der Waals surface area contributed by atoms with Gasteiger partial charge in [0.25, 0.3) is 0 Å². The second-order valence-corrected chi connectivity index (χ2v) is 9.58. The van der Waals surface area contributed by atoms with Crippen LogP contribution in [0, 0.1) is 0 Å². The number of ether oxygens (including phenoxy) is 2. The van der Waals surface area contributed by atoms with E-state index in [0.717, 1.165) is 0 Å². The van der Waals surface area contributed by atoms with Crippen molar-refractivity contribution < 1.29 is 22.7 Å². The summed E-state index contributed by atoms with van der Waals surface area (Å²) >= 11 is 5.84. The first-order chi connectivity index (χ1) is 12.3. The Labute approximate surface area is 156 Å². The molecule has 3 saturated heterocycles. The summed E-state index contributed by atoms with van der Waals surface area (Å²) in [6, 6.07) is 0. The highest BCUT2D eigenvalue weighted by Gasteiger charge is 2.65. The van der Waals surface area contributed by atoms with E-state index in [1.54, 1.807) is 11.1 Å². The highest BCUT2D eigenvalue weighted by atomic mass is 35.5. The predicted octanol–water partition coefficient (Wildman–Crippen LogP) is -0.433. The smallest absolute Gasteiger partial charge is 0.244 e. The van der Waals surface area contributed by atoms with Crippen molar-refractivity contribution in [2.75, 3.05) is 39.9 Å². The Bertz CT molecular complexity index is 815. The van der Waals surface area contributed by atoms with Gasteiger partial charge in [0.05, 0.1) is 30.5 Å². The predicted molar refractivity (Wildman–Crippen MR) is 92.2 cm³/mol. The van der Waals surface area contributed by atoms with Gasteiger partial charge in [0.2, 0.25) is 15.9 Å². The zero-order chi connectivity index (χ0) is 18.5. The lowest BCUT2D eigenvalue weighted by Crippen LogP contribution is -2.57. The Morgan fingerprint density at radius 1 is 1.50 bits per heavy atom. The number of methoxy groups -OCH3 is 1. The molecule has 26 heavy (non-hydrogen) atoms. The molecule has 0 saturated carbocycles. The van der Waals surface area contributed by atoms with Crippen LogP contribution in [0.15, 0.2) is 12.4 Å². The molecular weight excluding hydrogens is 384 g/mol. The molecule has 3 fully saturated rings. The minimum Gasteiger partial charge on any atom is -0.383 e. The van der Waals surface area contributed by atoms with E-state index in [1.165, 1.54) is 22.3 Å². The van der Waals surface area contributed by atoms with Crippen molar-refractivity contribution in [1.82, 2.24) is 19.0 Å². The zero-order valence-electron chi connectivity index (χ0n) is 14.4. The number of amides is 1. The van der Waals surface area contributed by atoms with E-state index >= 15 is 0 Å². The molecule has 144 valence electrons. The van der Waals surface area contributed by atoms with Crippen LogP contribution in [-0.2, 0) is 30.8 Å². The van der Waals surface area contributed by atoms with Crippen molar-refractivity contribution in [2.45, 2.75) is 29.9 Å². The lowest BCUT2D eigenvalue weighted by atomic mass is 9.99. The SMILES string of the molecule is COCCN1CC23CN(C(=O)Cn4cc(Cl)cn4)C[C@@H](C[C@@H]2S1(=O)=O)O3. The number of halogens is 1. The van der Waals surface area contributed by atoms with Crippen LogP contribution in [-0.4, -0.2) is 90.2 Å². The average Bonchev–Trinajstić information content (AvgIpc) is 3.16. The number of hydrogen-bond acceptors (Lipinski definition) is 6. The molecule has 1 unspecified atom stereocenters.